The van der Waals surface area contributed by atoms with E-state index in [2.05, 4.69) is 15.5 Å². The van der Waals surface area contributed by atoms with Crippen LogP contribution in [-0.4, -0.2) is 42.2 Å². The number of Topliss-reactive ketones (excluding diaryl/α,β-unsaturated/α-hetero) is 1. The lowest BCUT2D eigenvalue weighted by Gasteiger charge is -2.43. The van der Waals surface area contributed by atoms with Crippen LogP contribution < -0.4 is 15.4 Å². The van der Waals surface area contributed by atoms with E-state index >= 15 is 0 Å². The van der Waals surface area contributed by atoms with Gasteiger partial charge in [0.15, 0.2) is 5.78 Å². The molecule has 3 aromatic rings. The molecule has 0 unspecified atom stereocenters. The number of para-hydroxylation sites is 3. The van der Waals surface area contributed by atoms with Gasteiger partial charge in [0.05, 0.1) is 29.3 Å². The minimum Gasteiger partial charge on any atom is -0.496 e. The van der Waals surface area contributed by atoms with Gasteiger partial charge in [-0.3, -0.25) is 19.3 Å². The van der Waals surface area contributed by atoms with Crippen LogP contribution in [0.2, 0.25) is 5.02 Å². The van der Waals surface area contributed by atoms with Gasteiger partial charge in [0.25, 0.3) is 5.91 Å². The fraction of sp³-hybridized carbons (Fsp3) is 0.276. The monoisotopic (exact) mass is 513 g/mol. The molecular weight excluding hydrogens is 490 g/mol. The first kappa shape index (κ1) is 22.5. The number of carbonyl (C=O) groups excluding carboxylic acids is 3. The zero-order valence-electron chi connectivity index (χ0n) is 20.1. The largest absolute Gasteiger partial charge is 0.496 e. The minimum absolute atomic E-state index is 0.207. The van der Waals surface area contributed by atoms with Crippen LogP contribution in [0.4, 0.5) is 11.4 Å². The Kier molecular flexibility index (Phi) is 4.66. The fourth-order valence-electron chi connectivity index (χ4n) is 7.59. The van der Waals surface area contributed by atoms with Gasteiger partial charge in [-0.05, 0) is 49.2 Å². The topological polar surface area (TPSA) is 87.7 Å². The molecule has 0 aliphatic carbocycles. The van der Waals surface area contributed by atoms with Gasteiger partial charge in [-0.15, -0.1) is 0 Å². The third-order valence-corrected chi connectivity index (χ3v) is 9.05. The summed E-state index contributed by atoms with van der Waals surface area (Å²) < 4.78 is 5.56. The van der Waals surface area contributed by atoms with E-state index in [1.54, 1.807) is 30.3 Å². The SMILES string of the molecule is COc1ccccc1C(=O)[C@@H]1[C@@H]2CCCN2[C@]2(C(=O)Nc3c(Cl)cccc32)[C@@]12C(=O)Nc1ccccc12. The summed E-state index contributed by atoms with van der Waals surface area (Å²) in [5.41, 5.74) is -0.124. The third-order valence-electron chi connectivity index (χ3n) is 8.74. The van der Waals surface area contributed by atoms with Crippen LogP contribution in [0.1, 0.15) is 34.3 Å². The first-order chi connectivity index (χ1) is 18.0. The van der Waals surface area contributed by atoms with E-state index in [0.717, 1.165) is 6.42 Å². The van der Waals surface area contributed by atoms with E-state index in [-0.39, 0.29) is 23.6 Å². The lowest BCUT2D eigenvalue weighted by Crippen LogP contribution is -2.62. The summed E-state index contributed by atoms with van der Waals surface area (Å²) in [5, 5.41) is 6.45. The van der Waals surface area contributed by atoms with Gasteiger partial charge in [0, 0.05) is 17.3 Å². The van der Waals surface area contributed by atoms with Crippen LogP contribution in [0, 0.1) is 5.92 Å². The van der Waals surface area contributed by atoms with Crippen molar-refractivity contribution in [2.24, 2.45) is 5.92 Å². The molecule has 2 amide bonds. The standard InChI is InChI=1S/C29H24ClN3O4/c1-37-22-14-5-2-8-16(22)25(34)23-21-13-7-15-33(21)29(18-10-6-11-19(30)24(18)32-27(29)36)28(23)17-9-3-4-12-20(17)31-26(28)35/h2-6,8-12,14,21,23H,7,13,15H2,1H3,(H,31,35)(H,32,36)/t21-,23-,28+,29+/m0/s1. The van der Waals surface area contributed by atoms with Crippen molar-refractivity contribution in [1.29, 1.82) is 0 Å². The van der Waals surface area contributed by atoms with Gasteiger partial charge in [-0.1, -0.05) is 54.1 Å². The molecule has 8 heteroatoms. The Bertz CT molecular complexity index is 1520. The molecule has 4 aliphatic rings. The second-order valence-electron chi connectivity index (χ2n) is 10.1. The molecule has 0 bridgehead atoms. The molecule has 2 N–H and O–H groups in total. The Labute approximate surface area is 218 Å². The molecule has 4 heterocycles. The molecule has 7 rings (SSSR count). The molecule has 7 nitrogen and oxygen atoms in total. The van der Waals surface area contributed by atoms with E-state index in [1.165, 1.54) is 7.11 Å². The van der Waals surface area contributed by atoms with Crippen LogP contribution in [0.3, 0.4) is 0 Å². The number of nitrogens with one attached hydrogen (secondary N) is 2. The molecule has 3 aromatic carbocycles. The molecule has 4 atom stereocenters. The lowest BCUT2D eigenvalue weighted by atomic mass is 9.57. The Morgan fingerprint density at radius 1 is 0.973 bits per heavy atom. The predicted octanol–water partition coefficient (Wildman–Crippen LogP) is 4.36. The van der Waals surface area contributed by atoms with Crippen molar-refractivity contribution in [1.82, 2.24) is 4.90 Å². The zero-order chi connectivity index (χ0) is 25.5. The Morgan fingerprint density at radius 2 is 1.73 bits per heavy atom. The number of ketones is 1. The van der Waals surface area contributed by atoms with Crippen LogP contribution >= 0.6 is 11.6 Å². The number of amides is 2. The number of fused-ring (bicyclic) bond motifs is 7. The number of carbonyl (C=O) groups is 3. The second-order valence-corrected chi connectivity index (χ2v) is 10.5. The molecule has 2 spiro atoms. The van der Waals surface area contributed by atoms with E-state index in [9.17, 15) is 14.4 Å². The highest BCUT2D eigenvalue weighted by atomic mass is 35.5. The average molecular weight is 514 g/mol. The highest BCUT2D eigenvalue weighted by Gasteiger charge is 2.81. The maximum absolute atomic E-state index is 14.7. The van der Waals surface area contributed by atoms with Crippen LogP contribution in [0.5, 0.6) is 5.75 Å². The molecule has 37 heavy (non-hydrogen) atoms. The quantitative estimate of drug-likeness (QED) is 0.508. The Hall–Kier alpha value is -3.68. The lowest BCUT2D eigenvalue weighted by molar-refractivity contribution is -0.137. The number of ether oxygens (including phenoxy) is 1. The van der Waals surface area contributed by atoms with Gasteiger partial charge in [-0.2, -0.15) is 0 Å². The predicted molar refractivity (Wildman–Crippen MR) is 139 cm³/mol. The number of hydrogen-bond acceptors (Lipinski definition) is 5. The summed E-state index contributed by atoms with van der Waals surface area (Å²) >= 11 is 6.59. The van der Waals surface area contributed by atoms with Crippen molar-refractivity contribution in [2.45, 2.75) is 29.8 Å². The van der Waals surface area contributed by atoms with Crippen molar-refractivity contribution < 1.29 is 19.1 Å². The number of rotatable bonds is 3. The van der Waals surface area contributed by atoms with Crippen molar-refractivity contribution in [2.75, 3.05) is 24.3 Å². The number of hydrogen-bond donors (Lipinski definition) is 2. The van der Waals surface area contributed by atoms with Crippen molar-refractivity contribution in [3.05, 3.63) is 88.4 Å². The number of anilines is 2. The first-order valence-electron chi connectivity index (χ1n) is 12.4. The van der Waals surface area contributed by atoms with Gasteiger partial charge >= 0.3 is 0 Å². The van der Waals surface area contributed by atoms with Gasteiger partial charge in [-0.25, -0.2) is 0 Å². The summed E-state index contributed by atoms with van der Waals surface area (Å²) in [7, 11) is 1.53. The summed E-state index contributed by atoms with van der Waals surface area (Å²) in [4.78, 5) is 45.6. The minimum atomic E-state index is -1.51. The summed E-state index contributed by atoms with van der Waals surface area (Å²) in [6, 6.07) is 19.5. The van der Waals surface area contributed by atoms with Gasteiger partial charge in [0.1, 0.15) is 16.7 Å². The molecule has 0 aromatic heterocycles. The van der Waals surface area contributed by atoms with Crippen molar-refractivity contribution in [3.8, 4) is 5.75 Å². The number of nitrogens with zero attached hydrogens (tertiary/aromatic N) is 1. The van der Waals surface area contributed by atoms with Crippen molar-refractivity contribution in [3.63, 3.8) is 0 Å². The van der Waals surface area contributed by atoms with Crippen LogP contribution in [0.25, 0.3) is 0 Å². The molecule has 2 saturated heterocycles. The zero-order valence-corrected chi connectivity index (χ0v) is 20.8. The fourth-order valence-corrected chi connectivity index (χ4v) is 7.81. The highest BCUT2D eigenvalue weighted by Crippen LogP contribution is 2.68. The number of halogens is 1. The van der Waals surface area contributed by atoms with Gasteiger partial charge in [0.2, 0.25) is 5.91 Å². The van der Waals surface area contributed by atoms with Crippen molar-refractivity contribution >= 4 is 40.6 Å². The maximum Gasteiger partial charge on any atom is 0.251 e. The first-order valence-corrected chi connectivity index (χ1v) is 12.8. The molecule has 2 fully saturated rings. The van der Waals surface area contributed by atoms with Gasteiger partial charge < -0.3 is 15.4 Å². The van der Waals surface area contributed by atoms with Crippen LogP contribution in [-0.2, 0) is 20.5 Å². The summed E-state index contributed by atoms with van der Waals surface area (Å²) in [5.74, 6) is -1.27. The molecule has 0 saturated carbocycles. The molecular formula is C29H24ClN3O4. The third kappa shape index (κ3) is 2.49. The summed E-state index contributed by atoms with van der Waals surface area (Å²) in [6.45, 7) is 0.580. The molecule has 4 aliphatic heterocycles. The average Bonchev–Trinajstić information content (AvgIpc) is 3.63. The highest BCUT2D eigenvalue weighted by molar-refractivity contribution is 6.35. The van der Waals surface area contributed by atoms with Crippen LogP contribution in [0.15, 0.2) is 66.7 Å². The summed E-state index contributed by atoms with van der Waals surface area (Å²) in [6.07, 6.45) is 1.50. The molecule has 186 valence electrons. The molecule has 0 radical (unpaired) electrons. The van der Waals surface area contributed by atoms with E-state index in [0.29, 0.717) is 51.8 Å². The normalized spacial score (nSPS) is 29.2. The number of methoxy groups -OCH3 is 1. The maximum atomic E-state index is 14.7. The number of benzene rings is 3. The van der Waals surface area contributed by atoms with E-state index < -0.39 is 16.9 Å². The van der Waals surface area contributed by atoms with E-state index in [1.807, 2.05) is 36.4 Å². The van der Waals surface area contributed by atoms with E-state index in [4.69, 9.17) is 16.3 Å². The second kappa shape index (κ2) is 7.66. The smallest absolute Gasteiger partial charge is 0.251 e. The Morgan fingerprint density at radius 3 is 2.57 bits per heavy atom. The Balaban J connectivity index is 1.60.